The Morgan fingerprint density at radius 2 is 2.64 bits per heavy atom. The van der Waals surface area contributed by atoms with E-state index in [1.807, 2.05) is 6.20 Å². The van der Waals surface area contributed by atoms with Crippen LogP contribution in [0.3, 0.4) is 0 Å². The quantitative estimate of drug-likeness (QED) is 0.791. The van der Waals surface area contributed by atoms with Crippen LogP contribution >= 0.6 is 11.8 Å². The minimum absolute atomic E-state index is 0.733. The molecule has 0 saturated carbocycles. The van der Waals surface area contributed by atoms with Gasteiger partial charge in [-0.1, -0.05) is 0 Å². The molecule has 0 bridgehead atoms. The van der Waals surface area contributed by atoms with Crippen molar-refractivity contribution in [3.05, 3.63) is 18.2 Å². The van der Waals surface area contributed by atoms with Gasteiger partial charge >= 0.3 is 0 Å². The Morgan fingerprint density at radius 1 is 1.64 bits per heavy atom. The van der Waals surface area contributed by atoms with Crippen LogP contribution in [0.5, 0.6) is 0 Å². The van der Waals surface area contributed by atoms with E-state index >= 15 is 0 Å². The van der Waals surface area contributed by atoms with Crippen LogP contribution in [-0.4, -0.2) is 34.1 Å². The fourth-order valence-electron chi connectivity index (χ4n) is 1.73. The first-order valence-electron chi connectivity index (χ1n) is 5.23. The smallest absolute Gasteiger partial charge is 0.0921 e. The van der Waals surface area contributed by atoms with E-state index in [0.29, 0.717) is 0 Å². The Balaban J connectivity index is 1.62. The minimum atomic E-state index is 0.733. The van der Waals surface area contributed by atoms with E-state index < -0.39 is 0 Å². The van der Waals surface area contributed by atoms with Gasteiger partial charge in [-0.2, -0.15) is 11.8 Å². The highest BCUT2D eigenvalue weighted by Crippen LogP contribution is 2.16. The lowest BCUT2D eigenvalue weighted by atomic mass is 10.2. The molecule has 1 saturated heterocycles. The highest BCUT2D eigenvalue weighted by molar-refractivity contribution is 7.99. The molecule has 2 N–H and O–H groups in total. The molecule has 0 aliphatic carbocycles. The van der Waals surface area contributed by atoms with Gasteiger partial charge in [0.05, 0.1) is 6.33 Å². The second kappa shape index (κ2) is 5.41. The molecule has 0 radical (unpaired) electrons. The SMILES string of the molecule is c1ncc(CCNC2CCCSC2)[nH]1. The topological polar surface area (TPSA) is 40.7 Å². The summed E-state index contributed by atoms with van der Waals surface area (Å²) in [5.74, 6) is 2.63. The maximum Gasteiger partial charge on any atom is 0.0921 e. The zero-order valence-corrected chi connectivity index (χ0v) is 9.15. The number of imidazole rings is 1. The molecule has 1 aromatic rings. The Hall–Kier alpha value is -0.480. The van der Waals surface area contributed by atoms with E-state index in [2.05, 4.69) is 27.0 Å². The summed E-state index contributed by atoms with van der Waals surface area (Å²) < 4.78 is 0. The van der Waals surface area contributed by atoms with Gasteiger partial charge in [-0.15, -0.1) is 0 Å². The Bertz CT molecular complexity index is 242. The van der Waals surface area contributed by atoms with Gasteiger partial charge in [0.2, 0.25) is 0 Å². The Kier molecular flexibility index (Phi) is 3.89. The fourth-order valence-corrected chi connectivity index (χ4v) is 2.84. The van der Waals surface area contributed by atoms with Gasteiger partial charge in [0, 0.05) is 36.7 Å². The van der Waals surface area contributed by atoms with Crippen molar-refractivity contribution in [2.45, 2.75) is 25.3 Å². The van der Waals surface area contributed by atoms with Crippen molar-refractivity contribution in [2.75, 3.05) is 18.1 Å². The summed E-state index contributed by atoms with van der Waals surface area (Å²) in [4.78, 5) is 7.12. The van der Waals surface area contributed by atoms with E-state index in [0.717, 1.165) is 19.0 Å². The van der Waals surface area contributed by atoms with Crippen molar-refractivity contribution in [3.63, 3.8) is 0 Å². The first kappa shape index (κ1) is 10.1. The van der Waals surface area contributed by atoms with Gasteiger partial charge in [0.15, 0.2) is 0 Å². The molecule has 1 atom stereocenters. The molecule has 3 nitrogen and oxygen atoms in total. The molecular formula is C10H17N3S. The Labute approximate surface area is 89.1 Å². The van der Waals surface area contributed by atoms with Crippen LogP contribution in [0.15, 0.2) is 12.5 Å². The summed E-state index contributed by atoms with van der Waals surface area (Å²) in [6.07, 6.45) is 7.41. The molecule has 1 aliphatic rings. The van der Waals surface area contributed by atoms with Crippen LogP contribution in [0.25, 0.3) is 0 Å². The average molecular weight is 211 g/mol. The maximum absolute atomic E-state index is 4.00. The number of H-pyrrole nitrogens is 1. The molecule has 4 heteroatoms. The van der Waals surface area contributed by atoms with Crippen LogP contribution in [-0.2, 0) is 6.42 Å². The second-order valence-corrected chi connectivity index (χ2v) is 4.84. The van der Waals surface area contributed by atoms with Crippen molar-refractivity contribution in [3.8, 4) is 0 Å². The van der Waals surface area contributed by atoms with Gasteiger partial charge < -0.3 is 10.3 Å². The zero-order valence-electron chi connectivity index (χ0n) is 8.33. The highest BCUT2D eigenvalue weighted by Gasteiger charge is 2.12. The Morgan fingerprint density at radius 3 is 3.36 bits per heavy atom. The van der Waals surface area contributed by atoms with Gasteiger partial charge in [-0.05, 0) is 18.6 Å². The number of hydrogen-bond donors (Lipinski definition) is 2. The molecule has 14 heavy (non-hydrogen) atoms. The van der Waals surface area contributed by atoms with Crippen molar-refractivity contribution in [1.29, 1.82) is 0 Å². The molecular weight excluding hydrogens is 194 g/mol. The van der Waals surface area contributed by atoms with Gasteiger partial charge in [0.1, 0.15) is 0 Å². The summed E-state index contributed by atoms with van der Waals surface area (Å²) in [5.41, 5.74) is 1.22. The molecule has 78 valence electrons. The van der Waals surface area contributed by atoms with E-state index in [4.69, 9.17) is 0 Å². The van der Waals surface area contributed by atoms with Crippen LogP contribution in [0.4, 0.5) is 0 Å². The van der Waals surface area contributed by atoms with Crippen molar-refractivity contribution >= 4 is 11.8 Å². The number of nitrogens with one attached hydrogen (secondary N) is 2. The van der Waals surface area contributed by atoms with Gasteiger partial charge in [-0.25, -0.2) is 4.98 Å². The number of aromatic amines is 1. The van der Waals surface area contributed by atoms with E-state index in [-0.39, 0.29) is 0 Å². The number of rotatable bonds is 4. The van der Waals surface area contributed by atoms with Crippen molar-refractivity contribution < 1.29 is 0 Å². The maximum atomic E-state index is 4.00. The zero-order chi connectivity index (χ0) is 9.64. The molecule has 2 rings (SSSR count). The number of hydrogen-bond acceptors (Lipinski definition) is 3. The predicted molar refractivity (Wildman–Crippen MR) is 60.6 cm³/mol. The van der Waals surface area contributed by atoms with Crippen molar-refractivity contribution in [2.24, 2.45) is 0 Å². The normalized spacial score (nSPS) is 22.4. The third kappa shape index (κ3) is 3.03. The highest BCUT2D eigenvalue weighted by atomic mass is 32.2. The lowest BCUT2D eigenvalue weighted by molar-refractivity contribution is 0.510. The standard InChI is InChI=1S/C10H17N3S/c1-2-10(7-14-5-1)12-4-3-9-6-11-8-13-9/h6,8,10,12H,1-5,7H2,(H,11,13). The van der Waals surface area contributed by atoms with Crippen LogP contribution in [0.1, 0.15) is 18.5 Å². The first-order valence-corrected chi connectivity index (χ1v) is 6.39. The van der Waals surface area contributed by atoms with Crippen LogP contribution < -0.4 is 5.32 Å². The summed E-state index contributed by atoms with van der Waals surface area (Å²) in [7, 11) is 0. The number of nitrogens with zero attached hydrogens (tertiary/aromatic N) is 1. The van der Waals surface area contributed by atoms with E-state index in [1.165, 1.54) is 30.0 Å². The lowest BCUT2D eigenvalue weighted by Crippen LogP contribution is -2.35. The third-order valence-corrected chi connectivity index (χ3v) is 3.76. The molecule has 2 heterocycles. The van der Waals surface area contributed by atoms with Gasteiger partial charge in [-0.3, -0.25) is 0 Å². The molecule has 0 amide bonds. The predicted octanol–water partition coefficient (Wildman–Crippen LogP) is 1.44. The van der Waals surface area contributed by atoms with Crippen LogP contribution in [0.2, 0.25) is 0 Å². The number of aromatic nitrogens is 2. The summed E-state index contributed by atoms with van der Waals surface area (Å²) >= 11 is 2.07. The molecule has 1 aliphatic heterocycles. The monoisotopic (exact) mass is 211 g/mol. The molecule has 1 unspecified atom stereocenters. The largest absolute Gasteiger partial charge is 0.348 e. The summed E-state index contributed by atoms with van der Waals surface area (Å²) in [6, 6.07) is 0.733. The third-order valence-electron chi connectivity index (χ3n) is 2.54. The fraction of sp³-hybridized carbons (Fsp3) is 0.700. The molecule has 0 aromatic carbocycles. The molecule has 1 fully saturated rings. The van der Waals surface area contributed by atoms with Crippen molar-refractivity contribution in [1.82, 2.24) is 15.3 Å². The molecule has 1 aromatic heterocycles. The van der Waals surface area contributed by atoms with E-state index in [9.17, 15) is 0 Å². The molecule has 0 spiro atoms. The average Bonchev–Trinajstić information content (AvgIpc) is 2.72. The first-order chi connectivity index (χ1) is 6.95. The van der Waals surface area contributed by atoms with Gasteiger partial charge in [0.25, 0.3) is 0 Å². The minimum Gasteiger partial charge on any atom is -0.348 e. The number of thioether (sulfide) groups is 1. The second-order valence-electron chi connectivity index (χ2n) is 3.70. The van der Waals surface area contributed by atoms with Crippen LogP contribution in [0, 0.1) is 0 Å². The lowest BCUT2D eigenvalue weighted by Gasteiger charge is -2.22. The summed E-state index contributed by atoms with van der Waals surface area (Å²) in [6.45, 7) is 1.06. The van der Waals surface area contributed by atoms with E-state index in [1.54, 1.807) is 6.33 Å². The summed E-state index contributed by atoms with van der Waals surface area (Å²) in [5, 5.41) is 3.59.